The summed E-state index contributed by atoms with van der Waals surface area (Å²) in [6.07, 6.45) is 2.84. The van der Waals surface area contributed by atoms with E-state index in [2.05, 4.69) is 12.2 Å². The van der Waals surface area contributed by atoms with E-state index in [1.165, 1.54) is 12.1 Å². The Morgan fingerprint density at radius 3 is 2.59 bits per heavy atom. The van der Waals surface area contributed by atoms with Gasteiger partial charge < -0.3 is 19.4 Å². The van der Waals surface area contributed by atoms with Crippen LogP contribution in [-0.2, 0) is 6.61 Å². The van der Waals surface area contributed by atoms with Crippen LogP contribution in [0.2, 0.25) is 0 Å². The third-order valence-electron chi connectivity index (χ3n) is 4.54. The average Bonchev–Trinajstić information content (AvgIpc) is 3.15. The fourth-order valence-electron chi connectivity index (χ4n) is 3.21. The van der Waals surface area contributed by atoms with Gasteiger partial charge in [-0.3, -0.25) is 4.79 Å². The van der Waals surface area contributed by atoms with E-state index >= 15 is 0 Å². The van der Waals surface area contributed by atoms with Crippen LogP contribution in [0.25, 0.3) is 0 Å². The number of nitrogens with one attached hydrogen (secondary N) is 1. The zero-order valence-corrected chi connectivity index (χ0v) is 16.3. The first kappa shape index (κ1) is 21.3. The maximum atomic E-state index is 12.9. The SMILES string of the molecule is CCCN(C(=O)c1ccc(COc2ccc(F)cc2)o1)C1CCNCC1.Cl. The van der Waals surface area contributed by atoms with Gasteiger partial charge in [0.2, 0.25) is 0 Å². The number of hydrogen-bond acceptors (Lipinski definition) is 4. The van der Waals surface area contributed by atoms with E-state index in [0.717, 1.165) is 38.9 Å². The second-order valence-electron chi connectivity index (χ2n) is 6.49. The molecule has 3 rings (SSSR count). The Balaban J connectivity index is 0.00000261. The van der Waals surface area contributed by atoms with Crippen LogP contribution in [0, 0.1) is 5.82 Å². The zero-order chi connectivity index (χ0) is 18.4. The smallest absolute Gasteiger partial charge is 0.289 e. The van der Waals surface area contributed by atoms with Gasteiger partial charge in [0.25, 0.3) is 5.91 Å². The fourth-order valence-corrected chi connectivity index (χ4v) is 3.21. The predicted octanol–water partition coefficient (Wildman–Crippen LogP) is 4.02. The van der Waals surface area contributed by atoms with Gasteiger partial charge in [-0.15, -0.1) is 12.4 Å². The first-order chi connectivity index (χ1) is 12.7. The molecule has 1 aromatic carbocycles. The van der Waals surface area contributed by atoms with Gasteiger partial charge in [-0.05, 0) is 68.8 Å². The highest BCUT2D eigenvalue weighted by Crippen LogP contribution is 2.19. The van der Waals surface area contributed by atoms with Crippen molar-refractivity contribution in [3.63, 3.8) is 0 Å². The van der Waals surface area contributed by atoms with Gasteiger partial charge in [0.1, 0.15) is 23.9 Å². The van der Waals surface area contributed by atoms with Crippen LogP contribution in [0.15, 0.2) is 40.8 Å². The molecule has 0 radical (unpaired) electrons. The number of rotatable bonds is 7. The van der Waals surface area contributed by atoms with Gasteiger partial charge >= 0.3 is 0 Å². The summed E-state index contributed by atoms with van der Waals surface area (Å²) in [6, 6.07) is 9.52. The lowest BCUT2D eigenvalue weighted by atomic mass is 10.0. The Hall–Kier alpha value is -2.05. The molecule has 148 valence electrons. The van der Waals surface area contributed by atoms with Crippen LogP contribution in [0.3, 0.4) is 0 Å². The van der Waals surface area contributed by atoms with Gasteiger partial charge in [-0.25, -0.2) is 4.39 Å². The lowest BCUT2D eigenvalue weighted by Gasteiger charge is -2.34. The molecule has 0 spiro atoms. The third-order valence-corrected chi connectivity index (χ3v) is 4.54. The van der Waals surface area contributed by atoms with Crippen LogP contribution >= 0.6 is 12.4 Å². The summed E-state index contributed by atoms with van der Waals surface area (Å²) in [5.74, 6) is 1.09. The minimum atomic E-state index is -0.308. The highest BCUT2D eigenvalue weighted by molar-refractivity contribution is 5.91. The van der Waals surface area contributed by atoms with E-state index in [9.17, 15) is 9.18 Å². The van der Waals surface area contributed by atoms with Crippen molar-refractivity contribution >= 4 is 18.3 Å². The largest absolute Gasteiger partial charge is 0.486 e. The molecule has 0 saturated carbocycles. The number of amides is 1. The highest BCUT2D eigenvalue weighted by Gasteiger charge is 2.27. The van der Waals surface area contributed by atoms with Crippen molar-refractivity contribution in [2.24, 2.45) is 0 Å². The van der Waals surface area contributed by atoms with Gasteiger partial charge in [0.15, 0.2) is 5.76 Å². The first-order valence-electron chi connectivity index (χ1n) is 9.16. The van der Waals surface area contributed by atoms with Crippen LogP contribution in [0.4, 0.5) is 4.39 Å². The molecule has 1 N–H and O–H groups in total. The number of carbonyl (C=O) groups excluding carboxylic acids is 1. The molecule has 0 aliphatic carbocycles. The van der Waals surface area contributed by atoms with E-state index in [4.69, 9.17) is 9.15 Å². The summed E-state index contributed by atoms with van der Waals surface area (Å²) in [6.45, 7) is 4.87. The molecular formula is C20H26ClFN2O3. The van der Waals surface area contributed by atoms with Gasteiger partial charge in [-0.2, -0.15) is 0 Å². The molecule has 2 heterocycles. The molecule has 1 aliphatic heterocycles. The second kappa shape index (κ2) is 10.3. The van der Waals surface area contributed by atoms with Crippen molar-refractivity contribution in [1.29, 1.82) is 0 Å². The van der Waals surface area contributed by atoms with E-state index in [1.807, 2.05) is 4.90 Å². The predicted molar refractivity (Wildman–Crippen MR) is 104 cm³/mol. The quantitative estimate of drug-likeness (QED) is 0.767. The number of piperidine rings is 1. The number of ether oxygens (including phenoxy) is 1. The summed E-state index contributed by atoms with van der Waals surface area (Å²) < 4.78 is 24.2. The number of nitrogens with zero attached hydrogens (tertiary/aromatic N) is 1. The number of hydrogen-bond donors (Lipinski definition) is 1. The molecule has 1 saturated heterocycles. The Bertz CT molecular complexity index is 714. The molecule has 1 amide bonds. The molecule has 27 heavy (non-hydrogen) atoms. The standard InChI is InChI=1S/C20H25FN2O3.ClH/c1-2-13-23(16-9-11-22-12-10-16)20(24)19-8-7-18(26-19)14-25-17-5-3-15(21)4-6-17;/h3-8,16,22H,2,9-14H2,1H3;1H. The molecule has 1 fully saturated rings. The monoisotopic (exact) mass is 396 g/mol. The van der Waals surface area contributed by atoms with E-state index < -0.39 is 0 Å². The summed E-state index contributed by atoms with van der Waals surface area (Å²) >= 11 is 0. The fraction of sp³-hybridized carbons (Fsp3) is 0.450. The number of carbonyl (C=O) groups is 1. The molecule has 5 nitrogen and oxygen atoms in total. The first-order valence-corrected chi connectivity index (χ1v) is 9.16. The molecule has 0 atom stereocenters. The Morgan fingerprint density at radius 2 is 1.93 bits per heavy atom. The maximum Gasteiger partial charge on any atom is 0.289 e. The summed E-state index contributed by atoms with van der Waals surface area (Å²) in [5, 5.41) is 3.33. The van der Waals surface area contributed by atoms with Gasteiger partial charge in [-0.1, -0.05) is 6.92 Å². The normalized spacial score (nSPS) is 14.4. The molecule has 0 bridgehead atoms. The lowest BCUT2D eigenvalue weighted by molar-refractivity contribution is 0.0606. The Labute approximate surface area is 165 Å². The minimum absolute atomic E-state index is 0. The van der Waals surface area contributed by atoms with Crippen molar-refractivity contribution in [2.45, 2.75) is 38.8 Å². The molecule has 1 aromatic heterocycles. The second-order valence-corrected chi connectivity index (χ2v) is 6.49. The lowest BCUT2D eigenvalue weighted by Crippen LogP contribution is -2.46. The zero-order valence-electron chi connectivity index (χ0n) is 15.4. The summed E-state index contributed by atoms with van der Waals surface area (Å²) in [7, 11) is 0. The molecule has 7 heteroatoms. The van der Waals surface area contributed by atoms with E-state index in [-0.39, 0.29) is 36.8 Å². The Kier molecular flexibility index (Phi) is 8.13. The van der Waals surface area contributed by atoms with Gasteiger partial charge in [0, 0.05) is 12.6 Å². The minimum Gasteiger partial charge on any atom is -0.486 e. The topological polar surface area (TPSA) is 54.7 Å². The number of benzene rings is 1. The van der Waals surface area contributed by atoms with Crippen LogP contribution in [0.5, 0.6) is 5.75 Å². The van der Waals surface area contributed by atoms with E-state index in [1.54, 1.807) is 24.3 Å². The van der Waals surface area contributed by atoms with E-state index in [0.29, 0.717) is 17.3 Å². The van der Waals surface area contributed by atoms with Crippen molar-refractivity contribution in [1.82, 2.24) is 10.2 Å². The van der Waals surface area contributed by atoms with Crippen molar-refractivity contribution in [2.75, 3.05) is 19.6 Å². The molecule has 1 aliphatic rings. The Morgan fingerprint density at radius 1 is 1.22 bits per heavy atom. The molecular weight excluding hydrogens is 371 g/mol. The van der Waals surface area contributed by atoms with Crippen molar-refractivity contribution in [3.8, 4) is 5.75 Å². The van der Waals surface area contributed by atoms with Crippen LogP contribution in [0.1, 0.15) is 42.5 Å². The van der Waals surface area contributed by atoms with Crippen molar-refractivity contribution < 1.29 is 18.3 Å². The highest BCUT2D eigenvalue weighted by atomic mass is 35.5. The molecule has 2 aromatic rings. The van der Waals surface area contributed by atoms with Crippen LogP contribution in [-0.4, -0.2) is 36.5 Å². The van der Waals surface area contributed by atoms with Crippen LogP contribution < -0.4 is 10.1 Å². The number of furan rings is 1. The summed E-state index contributed by atoms with van der Waals surface area (Å²) in [5.41, 5.74) is 0. The third kappa shape index (κ3) is 5.71. The maximum absolute atomic E-state index is 12.9. The average molecular weight is 397 g/mol. The molecule has 0 unspecified atom stereocenters. The van der Waals surface area contributed by atoms with Gasteiger partial charge in [0.05, 0.1) is 0 Å². The number of halogens is 2. The summed E-state index contributed by atoms with van der Waals surface area (Å²) in [4.78, 5) is 14.8. The van der Waals surface area contributed by atoms with Crippen molar-refractivity contribution in [3.05, 3.63) is 53.7 Å².